The van der Waals surface area contributed by atoms with Gasteiger partial charge in [0.1, 0.15) is 12.2 Å². The zero-order chi connectivity index (χ0) is 17.9. The van der Waals surface area contributed by atoms with Gasteiger partial charge < -0.3 is 14.6 Å². The Morgan fingerprint density at radius 1 is 1.21 bits per heavy atom. The minimum atomic E-state index is -0.422. The molecule has 1 N–H and O–H groups in total. The molecule has 4 atom stereocenters. The van der Waals surface area contributed by atoms with Crippen LogP contribution in [0.2, 0.25) is 0 Å². The Balaban J connectivity index is 1.97. The van der Waals surface area contributed by atoms with Gasteiger partial charge in [0, 0.05) is 37.0 Å². The molecule has 0 aromatic rings. The van der Waals surface area contributed by atoms with Crippen LogP contribution < -0.4 is 0 Å². The molecular formula is C18H27NO5. The normalized spacial score (nSPS) is 31.0. The molecule has 134 valence electrons. The lowest BCUT2D eigenvalue weighted by Crippen LogP contribution is -2.46. The standard InChI is InChI=1S/C18H27NO5/c1-5-12(3)18(22)24-16-8-13-7-14(9-15(16)19(13)4)23-17(21)6-11(2)10-20/h5-6,13-16,20H,7-10H2,1-4H3/b11-6+,12-5-/t13-,14+,15+,16+/m0/s1. The van der Waals surface area contributed by atoms with Crippen LogP contribution in [-0.2, 0) is 19.1 Å². The molecule has 2 aliphatic rings. The van der Waals surface area contributed by atoms with Gasteiger partial charge in [-0.05, 0) is 33.4 Å². The van der Waals surface area contributed by atoms with Gasteiger partial charge in [-0.3, -0.25) is 4.90 Å². The number of nitrogens with zero attached hydrogens (tertiary/aromatic N) is 1. The lowest BCUT2D eigenvalue weighted by molar-refractivity contribution is -0.150. The first-order chi connectivity index (χ1) is 11.3. The number of piperidine rings is 1. The smallest absolute Gasteiger partial charge is 0.333 e. The zero-order valence-corrected chi connectivity index (χ0v) is 14.8. The highest BCUT2D eigenvalue weighted by molar-refractivity contribution is 5.87. The minimum Gasteiger partial charge on any atom is -0.459 e. The predicted octanol–water partition coefficient (Wildman–Crippen LogP) is 1.58. The fraction of sp³-hybridized carbons (Fsp3) is 0.667. The molecule has 2 rings (SSSR count). The number of fused-ring (bicyclic) bond motifs is 2. The summed E-state index contributed by atoms with van der Waals surface area (Å²) in [4.78, 5) is 26.1. The van der Waals surface area contributed by atoms with Crippen LogP contribution in [0, 0.1) is 0 Å². The number of allylic oxidation sites excluding steroid dienone is 1. The average molecular weight is 337 g/mol. The lowest BCUT2D eigenvalue weighted by atomic mass is 10.00. The molecule has 0 aliphatic carbocycles. The summed E-state index contributed by atoms with van der Waals surface area (Å²) < 4.78 is 11.2. The number of likely N-dealkylation sites (N-methyl/N-ethyl adjacent to an activating group) is 1. The van der Waals surface area contributed by atoms with E-state index in [-0.39, 0.29) is 36.9 Å². The summed E-state index contributed by atoms with van der Waals surface area (Å²) in [5.41, 5.74) is 1.18. The van der Waals surface area contributed by atoms with Gasteiger partial charge >= 0.3 is 11.9 Å². The Kier molecular flexibility index (Phi) is 6.18. The molecule has 6 heteroatoms. The van der Waals surface area contributed by atoms with Gasteiger partial charge in [0.05, 0.1) is 12.6 Å². The van der Waals surface area contributed by atoms with Crippen molar-refractivity contribution in [3.05, 3.63) is 23.3 Å². The van der Waals surface area contributed by atoms with E-state index in [9.17, 15) is 9.59 Å². The van der Waals surface area contributed by atoms with Crippen LogP contribution in [-0.4, -0.2) is 59.9 Å². The van der Waals surface area contributed by atoms with Crippen molar-refractivity contribution < 1.29 is 24.2 Å². The molecule has 0 aromatic heterocycles. The Labute approximate surface area is 143 Å². The van der Waals surface area contributed by atoms with Gasteiger partial charge in [0.25, 0.3) is 0 Å². The average Bonchev–Trinajstić information content (AvgIpc) is 2.72. The SMILES string of the molecule is C/C=C(/C)C(=O)O[C@@H]1C[C@@H]2C[C@@H](OC(=O)/C=C(\C)CO)C[C@H]1N2C. The van der Waals surface area contributed by atoms with Crippen molar-refractivity contribution in [2.45, 2.75) is 64.3 Å². The Morgan fingerprint density at radius 3 is 2.54 bits per heavy atom. The van der Waals surface area contributed by atoms with Gasteiger partial charge in [-0.15, -0.1) is 0 Å². The highest BCUT2D eigenvalue weighted by atomic mass is 16.6. The number of aliphatic hydroxyl groups is 1. The molecule has 2 heterocycles. The van der Waals surface area contributed by atoms with Crippen molar-refractivity contribution in [1.29, 1.82) is 0 Å². The highest BCUT2D eigenvalue weighted by Gasteiger charge is 2.47. The Morgan fingerprint density at radius 2 is 1.92 bits per heavy atom. The topological polar surface area (TPSA) is 76.1 Å². The second-order valence-corrected chi connectivity index (χ2v) is 6.72. The summed E-state index contributed by atoms with van der Waals surface area (Å²) in [5, 5.41) is 8.97. The van der Waals surface area contributed by atoms with E-state index < -0.39 is 5.97 Å². The van der Waals surface area contributed by atoms with E-state index in [1.165, 1.54) is 6.08 Å². The van der Waals surface area contributed by atoms with Crippen LogP contribution in [0.1, 0.15) is 40.0 Å². The number of aliphatic hydroxyl groups excluding tert-OH is 1. The first-order valence-electron chi connectivity index (χ1n) is 8.40. The van der Waals surface area contributed by atoms with Gasteiger partial charge in [0.2, 0.25) is 0 Å². The van der Waals surface area contributed by atoms with E-state index >= 15 is 0 Å². The first-order valence-corrected chi connectivity index (χ1v) is 8.40. The van der Waals surface area contributed by atoms with E-state index in [0.29, 0.717) is 17.6 Å². The van der Waals surface area contributed by atoms with Crippen molar-refractivity contribution in [3.63, 3.8) is 0 Å². The molecule has 2 fully saturated rings. The van der Waals surface area contributed by atoms with Crippen molar-refractivity contribution >= 4 is 11.9 Å². The minimum absolute atomic E-state index is 0.0677. The largest absolute Gasteiger partial charge is 0.459 e. The number of hydrogen-bond donors (Lipinski definition) is 1. The first kappa shape index (κ1) is 18.7. The molecule has 0 unspecified atom stereocenters. The summed E-state index contributed by atoms with van der Waals surface area (Å²) in [7, 11) is 2.03. The summed E-state index contributed by atoms with van der Waals surface area (Å²) in [5.74, 6) is -0.702. The molecule has 0 aromatic carbocycles. The van der Waals surface area contributed by atoms with Crippen LogP contribution in [0.4, 0.5) is 0 Å². The van der Waals surface area contributed by atoms with Crippen molar-refractivity contribution in [2.75, 3.05) is 13.7 Å². The maximum atomic E-state index is 12.0. The summed E-state index contributed by atoms with van der Waals surface area (Å²) in [6, 6.07) is 0.311. The number of rotatable bonds is 5. The van der Waals surface area contributed by atoms with E-state index in [1.54, 1.807) is 19.9 Å². The second-order valence-electron chi connectivity index (χ2n) is 6.72. The molecule has 2 aliphatic heterocycles. The van der Waals surface area contributed by atoms with E-state index in [2.05, 4.69) is 4.90 Å². The van der Waals surface area contributed by atoms with Gasteiger partial charge in [-0.1, -0.05) is 6.08 Å². The third-order valence-electron chi connectivity index (χ3n) is 4.98. The number of carbonyl (C=O) groups is 2. The maximum absolute atomic E-state index is 12.0. The number of carbonyl (C=O) groups excluding carboxylic acids is 2. The summed E-state index contributed by atoms with van der Waals surface area (Å²) in [6.07, 6.45) is 4.88. The van der Waals surface area contributed by atoms with Crippen LogP contribution >= 0.6 is 0 Å². The van der Waals surface area contributed by atoms with Crippen molar-refractivity contribution in [1.82, 2.24) is 4.90 Å². The maximum Gasteiger partial charge on any atom is 0.333 e. The molecule has 0 spiro atoms. The van der Waals surface area contributed by atoms with E-state index in [1.807, 2.05) is 14.0 Å². The molecule has 24 heavy (non-hydrogen) atoms. The fourth-order valence-electron chi connectivity index (χ4n) is 3.39. The quantitative estimate of drug-likeness (QED) is 0.606. The Bertz CT molecular complexity index is 554. The van der Waals surface area contributed by atoms with Crippen LogP contribution in [0.5, 0.6) is 0 Å². The molecule has 0 saturated carbocycles. The fourth-order valence-corrected chi connectivity index (χ4v) is 3.39. The summed E-state index contributed by atoms with van der Waals surface area (Å²) in [6.45, 7) is 5.08. The monoisotopic (exact) mass is 337 g/mol. The van der Waals surface area contributed by atoms with Crippen LogP contribution in [0.15, 0.2) is 23.3 Å². The van der Waals surface area contributed by atoms with Crippen molar-refractivity contribution in [3.8, 4) is 0 Å². The number of esters is 2. The molecule has 2 bridgehead atoms. The van der Waals surface area contributed by atoms with Crippen molar-refractivity contribution in [2.24, 2.45) is 0 Å². The Hall–Kier alpha value is -1.66. The van der Waals surface area contributed by atoms with E-state index in [0.717, 1.165) is 12.8 Å². The van der Waals surface area contributed by atoms with Gasteiger partial charge in [0.15, 0.2) is 0 Å². The second kappa shape index (κ2) is 7.94. The van der Waals surface area contributed by atoms with Crippen LogP contribution in [0.3, 0.4) is 0 Å². The third-order valence-corrected chi connectivity index (χ3v) is 4.98. The number of hydrogen-bond acceptors (Lipinski definition) is 6. The van der Waals surface area contributed by atoms with Gasteiger partial charge in [-0.2, -0.15) is 0 Å². The molecule has 0 radical (unpaired) electrons. The molecule has 2 saturated heterocycles. The predicted molar refractivity (Wildman–Crippen MR) is 89.2 cm³/mol. The lowest BCUT2D eigenvalue weighted by Gasteiger charge is -2.36. The zero-order valence-electron chi connectivity index (χ0n) is 14.8. The third kappa shape index (κ3) is 4.24. The molecule has 6 nitrogen and oxygen atoms in total. The molecular weight excluding hydrogens is 310 g/mol. The van der Waals surface area contributed by atoms with E-state index in [4.69, 9.17) is 14.6 Å². The summed E-state index contributed by atoms with van der Waals surface area (Å²) >= 11 is 0. The molecule has 0 amide bonds. The van der Waals surface area contributed by atoms with Gasteiger partial charge in [-0.25, -0.2) is 9.59 Å². The highest BCUT2D eigenvalue weighted by Crippen LogP contribution is 2.37. The van der Waals surface area contributed by atoms with Crippen LogP contribution in [0.25, 0.3) is 0 Å². The number of ether oxygens (including phenoxy) is 2.